The van der Waals surface area contributed by atoms with Gasteiger partial charge in [-0.2, -0.15) is 0 Å². The molecule has 116 valence electrons. The first kappa shape index (κ1) is 15.8. The van der Waals surface area contributed by atoms with Crippen LogP contribution in [0.2, 0.25) is 0 Å². The van der Waals surface area contributed by atoms with E-state index in [4.69, 9.17) is 17.0 Å². The van der Waals surface area contributed by atoms with E-state index in [2.05, 4.69) is 0 Å². The summed E-state index contributed by atoms with van der Waals surface area (Å²) < 4.78 is 5.91. The fourth-order valence-electron chi connectivity index (χ4n) is 2.33. The molecule has 0 spiro atoms. The van der Waals surface area contributed by atoms with Crippen molar-refractivity contribution in [2.24, 2.45) is 0 Å². The van der Waals surface area contributed by atoms with Gasteiger partial charge in [0.05, 0.1) is 18.6 Å². The van der Waals surface area contributed by atoms with Gasteiger partial charge < -0.3 is 4.74 Å². The molecule has 23 heavy (non-hydrogen) atoms. The second-order valence-electron chi connectivity index (χ2n) is 5.00. The number of methoxy groups -OCH3 is 1. The summed E-state index contributed by atoms with van der Waals surface area (Å²) in [4.78, 5) is 14.9. The highest BCUT2D eigenvalue weighted by atomic mass is 32.2. The first-order valence-electron chi connectivity index (χ1n) is 7.11. The minimum atomic E-state index is -0.0604. The third-order valence-corrected chi connectivity index (χ3v) is 4.86. The van der Waals surface area contributed by atoms with Crippen molar-refractivity contribution >= 4 is 40.3 Å². The Morgan fingerprint density at radius 2 is 1.83 bits per heavy atom. The first-order valence-corrected chi connectivity index (χ1v) is 8.34. The number of hydrogen-bond donors (Lipinski definition) is 0. The van der Waals surface area contributed by atoms with E-state index in [9.17, 15) is 4.79 Å². The van der Waals surface area contributed by atoms with Gasteiger partial charge in [0.2, 0.25) is 0 Å². The van der Waals surface area contributed by atoms with E-state index in [-0.39, 0.29) is 5.91 Å². The van der Waals surface area contributed by atoms with E-state index in [0.29, 0.717) is 15.8 Å². The highest BCUT2D eigenvalue weighted by Gasteiger charge is 2.32. The summed E-state index contributed by atoms with van der Waals surface area (Å²) in [5.41, 5.74) is 1.93. The molecule has 1 amide bonds. The molecule has 2 aromatic rings. The molecule has 0 aliphatic carbocycles. The number of thioether (sulfide) groups is 1. The Morgan fingerprint density at radius 3 is 2.57 bits per heavy atom. The van der Waals surface area contributed by atoms with Crippen LogP contribution in [0.15, 0.2) is 59.5 Å². The van der Waals surface area contributed by atoms with Crippen LogP contribution in [0.3, 0.4) is 0 Å². The van der Waals surface area contributed by atoms with Gasteiger partial charge in [-0.05, 0) is 17.7 Å². The van der Waals surface area contributed by atoms with Gasteiger partial charge in [-0.15, -0.1) is 0 Å². The van der Waals surface area contributed by atoms with Gasteiger partial charge in [-0.3, -0.25) is 9.69 Å². The van der Waals surface area contributed by atoms with Gasteiger partial charge in [0.1, 0.15) is 10.1 Å². The summed E-state index contributed by atoms with van der Waals surface area (Å²) in [7, 11) is 1.62. The van der Waals surface area contributed by atoms with Crippen LogP contribution in [0.5, 0.6) is 5.75 Å². The average molecular weight is 341 g/mol. The number of hydrogen-bond acceptors (Lipinski definition) is 4. The van der Waals surface area contributed by atoms with Crippen LogP contribution in [-0.4, -0.2) is 22.2 Å². The van der Waals surface area contributed by atoms with Crippen LogP contribution >= 0.6 is 24.0 Å². The van der Waals surface area contributed by atoms with E-state index in [0.717, 1.165) is 16.9 Å². The Hall–Kier alpha value is -2.11. The zero-order valence-electron chi connectivity index (χ0n) is 12.6. The predicted octanol–water partition coefficient (Wildman–Crippen LogP) is 4.10. The zero-order chi connectivity index (χ0) is 16.2. The van der Waals surface area contributed by atoms with Crippen molar-refractivity contribution in [2.45, 2.75) is 6.54 Å². The number of para-hydroxylation sites is 1. The molecule has 1 heterocycles. The van der Waals surface area contributed by atoms with Crippen LogP contribution in [0, 0.1) is 0 Å². The number of amides is 1. The lowest BCUT2D eigenvalue weighted by molar-refractivity contribution is -0.122. The van der Waals surface area contributed by atoms with Gasteiger partial charge in [0.25, 0.3) is 5.91 Å². The molecule has 3 nitrogen and oxygen atoms in total. The fourth-order valence-corrected chi connectivity index (χ4v) is 3.58. The van der Waals surface area contributed by atoms with E-state index in [1.54, 1.807) is 12.0 Å². The second-order valence-corrected chi connectivity index (χ2v) is 6.67. The van der Waals surface area contributed by atoms with Gasteiger partial charge in [0, 0.05) is 5.56 Å². The Kier molecular flexibility index (Phi) is 4.79. The van der Waals surface area contributed by atoms with Crippen molar-refractivity contribution < 1.29 is 9.53 Å². The molecule has 5 heteroatoms. The third kappa shape index (κ3) is 3.46. The number of ether oxygens (including phenoxy) is 1. The summed E-state index contributed by atoms with van der Waals surface area (Å²) in [5.74, 6) is 0.676. The normalized spacial score (nSPS) is 16.2. The predicted molar refractivity (Wildman–Crippen MR) is 98.2 cm³/mol. The fraction of sp³-hybridized carbons (Fsp3) is 0.111. The Balaban J connectivity index is 1.85. The van der Waals surface area contributed by atoms with Gasteiger partial charge >= 0.3 is 0 Å². The van der Waals surface area contributed by atoms with Crippen LogP contribution in [0.1, 0.15) is 11.1 Å². The number of benzene rings is 2. The maximum Gasteiger partial charge on any atom is 0.266 e. The Morgan fingerprint density at radius 1 is 1.13 bits per heavy atom. The van der Waals surface area contributed by atoms with Gasteiger partial charge in [0.15, 0.2) is 0 Å². The average Bonchev–Trinajstić information content (AvgIpc) is 2.84. The number of rotatable bonds is 4. The molecule has 1 aliphatic heterocycles. The summed E-state index contributed by atoms with van der Waals surface area (Å²) in [6.45, 7) is 0.495. The molecule has 3 rings (SSSR count). The number of carbonyl (C=O) groups is 1. The van der Waals surface area contributed by atoms with Crippen molar-refractivity contribution in [3.05, 3.63) is 70.6 Å². The molecule has 0 unspecified atom stereocenters. The standard InChI is InChI=1S/C18H15NO2S2/c1-21-15-10-6-5-9-14(15)11-16-17(20)19(18(22)23-16)12-13-7-3-2-4-8-13/h2-11H,12H2,1H3/b16-11-. The number of thiocarbonyl (C=S) groups is 1. The molecule has 1 fully saturated rings. The van der Waals surface area contributed by atoms with E-state index in [1.807, 2.05) is 60.7 Å². The molecule has 0 saturated carbocycles. The molecule has 0 radical (unpaired) electrons. The Labute approximate surface area is 144 Å². The molecule has 1 aliphatic rings. The lowest BCUT2D eigenvalue weighted by Crippen LogP contribution is -2.27. The van der Waals surface area contributed by atoms with Gasteiger partial charge in [-0.25, -0.2) is 0 Å². The van der Waals surface area contributed by atoms with Crippen molar-refractivity contribution in [3.63, 3.8) is 0 Å². The van der Waals surface area contributed by atoms with Crippen LogP contribution < -0.4 is 4.74 Å². The zero-order valence-corrected chi connectivity index (χ0v) is 14.2. The maximum absolute atomic E-state index is 12.6. The lowest BCUT2D eigenvalue weighted by atomic mass is 10.2. The summed E-state index contributed by atoms with van der Waals surface area (Å²) in [5, 5.41) is 0. The molecule has 0 aromatic heterocycles. The quantitative estimate of drug-likeness (QED) is 0.619. The summed E-state index contributed by atoms with van der Waals surface area (Å²) >= 11 is 6.70. The minimum absolute atomic E-state index is 0.0604. The molecule has 2 aromatic carbocycles. The SMILES string of the molecule is COc1ccccc1/C=C1\SC(=S)N(Cc2ccccc2)C1=O. The second kappa shape index (κ2) is 6.98. The number of nitrogens with zero attached hydrogens (tertiary/aromatic N) is 1. The van der Waals surface area contributed by atoms with Crippen molar-refractivity contribution in [3.8, 4) is 5.75 Å². The van der Waals surface area contributed by atoms with Gasteiger partial charge in [-0.1, -0.05) is 72.5 Å². The van der Waals surface area contributed by atoms with Crippen molar-refractivity contribution in [2.75, 3.05) is 7.11 Å². The maximum atomic E-state index is 12.6. The molecule has 0 atom stereocenters. The van der Waals surface area contributed by atoms with E-state index >= 15 is 0 Å². The van der Waals surface area contributed by atoms with Crippen molar-refractivity contribution in [1.29, 1.82) is 0 Å². The largest absolute Gasteiger partial charge is 0.496 e. The molecule has 0 N–H and O–H groups in total. The first-order chi connectivity index (χ1) is 11.2. The third-order valence-electron chi connectivity index (χ3n) is 3.48. The molecular weight excluding hydrogens is 326 g/mol. The van der Waals surface area contributed by atoms with Crippen LogP contribution in [-0.2, 0) is 11.3 Å². The topological polar surface area (TPSA) is 29.5 Å². The van der Waals surface area contributed by atoms with E-state index < -0.39 is 0 Å². The minimum Gasteiger partial charge on any atom is -0.496 e. The Bertz CT molecular complexity index is 772. The summed E-state index contributed by atoms with van der Waals surface area (Å²) in [6, 6.07) is 17.4. The number of carbonyl (C=O) groups excluding carboxylic acids is 1. The highest BCUT2D eigenvalue weighted by molar-refractivity contribution is 8.26. The monoisotopic (exact) mass is 341 g/mol. The van der Waals surface area contributed by atoms with E-state index in [1.165, 1.54) is 11.8 Å². The highest BCUT2D eigenvalue weighted by Crippen LogP contribution is 2.35. The molecule has 1 saturated heterocycles. The smallest absolute Gasteiger partial charge is 0.266 e. The lowest BCUT2D eigenvalue weighted by Gasteiger charge is -2.14. The van der Waals surface area contributed by atoms with Crippen LogP contribution in [0.25, 0.3) is 6.08 Å². The molecular formula is C18H15NO2S2. The van der Waals surface area contributed by atoms with Crippen molar-refractivity contribution in [1.82, 2.24) is 4.90 Å². The van der Waals surface area contributed by atoms with Crippen LogP contribution in [0.4, 0.5) is 0 Å². The molecule has 0 bridgehead atoms. The summed E-state index contributed by atoms with van der Waals surface area (Å²) in [6.07, 6.45) is 1.84.